The van der Waals surface area contributed by atoms with Crippen molar-refractivity contribution >= 4 is 32.2 Å². The van der Waals surface area contributed by atoms with Gasteiger partial charge in [-0.15, -0.1) is 10.2 Å². The molecule has 0 fully saturated rings. The molecule has 0 radical (unpaired) electrons. The second-order valence-electron chi connectivity index (χ2n) is 4.74. The number of sulfone groups is 1. The van der Waals surface area contributed by atoms with Crippen molar-refractivity contribution < 1.29 is 17.6 Å². The molecule has 1 N–H and O–H groups in total. The minimum atomic E-state index is -3.80. The van der Waals surface area contributed by atoms with Crippen LogP contribution in [-0.2, 0) is 16.3 Å². The Hall–Kier alpha value is -2.52. The average molecular weight is 363 g/mol. The van der Waals surface area contributed by atoms with E-state index in [0.717, 1.165) is 5.01 Å². The van der Waals surface area contributed by atoms with E-state index in [1.165, 1.54) is 35.6 Å². The molecule has 0 bridgehead atoms. The van der Waals surface area contributed by atoms with Crippen molar-refractivity contribution in [1.82, 2.24) is 10.2 Å². The lowest BCUT2D eigenvalue weighted by Gasteiger charge is -2.00. The maximum atomic E-state index is 12.4. The van der Waals surface area contributed by atoms with Gasteiger partial charge in [-0.25, -0.2) is 8.42 Å². The fraction of sp³-hybridized carbons (Fsp3) is 0.133. The number of aryl methyl sites for hydroxylation is 1. The lowest BCUT2D eigenvalue weighted by Crippen LogP contribution is -2.10. The first kappa shape index (κ1) is 16.3. The van der Waals surface area contributed by atoms with Crippen LogP contribution in [0.25, 0.3) is 0 Å². The van der Waals surface area contributed by atoms with Gasteiger partial charge in [-0.1, -0.05) is 36.5 Å². The van der Waals surface area contributed by atoms with E-state index in [1.54, 1.807) is 18.2 Å². The number of furan rings is 1. The van der Waals surface area contributed by atoms with E-state index in [9.17, 15) is 13.2 Å². The van der Waals surface area contributed by atoms with Crippen LogP contribution in [0.1, 0.15) is 22.5 Å². The highest BCUT2D eigenvalue weighted by Gasteiger charge is 2.23. The molecule has 0 unspecified atom stereocenters. The van der Waals surface area contributed by atoms with Crippen LogP contribution < -0.4 is 5.32 Å². The van der Waals surface area contributed by atoms with Crippen LogP contribution in [0, 0.1) is 0 Å². The van der Waals surface area contributed by atoms with Crippen LogP contribution in [0.5, 0.6) is 0 Å². The highest BCUT2D eigenvalue weighted by atomic mass is 32.2. The highest BCUT2D eigenvalue weighted by molar-refractivity contribution is 7.91. The van der Waals surface area contributed by atoms with Crippen molar-refractivity contribution in [2.24, 2.45) is 0 Å². The van der Waals surface area contributed by atoms with Gasteiger partial charge in [0.1, 0.15) is 5.01 Å². The first-order chi connectivity index (χ1) is 11.5. The average Bonchev–Trinajstić information content (AvgIpc) is 3.25. The van der Waals surface area contributed by atoms with Crippen LogP contribution >= 0.6 is 11.3 Å². The molecule has 124 valence electrons. The topological polar surface area (TPSA) is 102 Å². The van der Waals surface area contributed by atoms with Crippen molar-refractivity contribution in [1.29, 1.82) is 0 Å². The SMILES string of the molecule is CCc1nnc(NC(=O)c2ccc(S(=O)(=O)c3ccccc3)o2)s1. The van der Waals surface area contributed by atoms with Crippen LogP contribution in [-0.4, -0.2) is 24.5 Å². The molecule has 3 rings (SSSR count). The Labute approximate surface area is 142 Å². The van der Waals surface area contributed by atoms with Crippen LogP contribution in [0.2, 0.25) is 0 Å². The Bertz CT molecular complexity index is 962. The third-order valence-electron chi connectivity index (χ3n) is 3.11. The molecule has 0 aliphatic rings. The van der Waals surface area contributed by atoms with Gasteiger partial charge in [0.2, 0.25) is 20.1 Å². The molecule has 7 nitrogen and oxygen atoms in total. The van der Waals surface area contributed by atoms with Crippen molar-refractivity contribution in [3.8, 4) is 0 Å². The number of carbonyl (C=O) groups excluding carboxylic acids is 1. The summed E-state index contributed by atoms with van der Waals surface area (Å²) in [6.45, 7) is 1.93. The molecule has 0 spiro atoms. The van der Waals surface area contributed by atoms with Crippen LogP contribution in [0.3, 0.4) is 0 Å². The molecule has 2 heterocycles. The summed E-state index contributed by atoms with van der Waals surface area (Å²) in [7, 11) is -3.80. The van der Waals surface area contributed by atoms with Gasteiger partial charge in [0.25, 0.3) is 5.91 Å². The van der Waals surface area contributed by atoms with E-state index in [0.29, 0.717) is 11.6 Å². The van der Waals surface area contributed by atoms with Gasteiger partial charge in [-0.2, -0.15) is 0 Å². The fourth-order valence-corrected chi connectivity index (χ4v) is 3.78. The Morgan fingerprint density at radius 2 is 1.92 bits per heavy atom. The summed E-state index contributed by atoms with van der Waals surface area (Å²) in [4.78, 5) is 12.2. The molecular weight excluding hydrogens is 350 g/mol. The van der Waals surface area contributed by atoms with E-state index < -0.39 is 15.7 Å². The summed E-state index contributed by atoms with van der Waals surface area (Å²) < 4.78 is 30.1. The number of nitrogens with one attached hydrogen (secondary N) is 1. The van der Waals surface area contributed by atoms with Crippen LogP contribution in [0.4, 0.5) is 5.13 Å². The van der Waals surface area contributed by atoms with Gasteiger partial charge in [0.05, 0.1) is 4.90 Å². The van der Waals surface area contributed by atoms with Crippen molar-refractivity contribution in [2.75, 3.05) is 5.32 Å². The maximum absolute atomic E-state index is 12.4. The number of hydrogen-bond acceptors (Lipinski definition) is 7. The number of aromatic nitrogens is 2. The van der Waals surface area contributed by atoms with E-state index in [2.05, 4.69) is 15.5 Å². The molecule has 1 amide bonds. The monoisotopic (exact) mass is 363 g/mol. The second-order valence-corrected chi connectivity index (χ2v) is 7.69. The molecule has 3 aromatic rings. The zero-order valence-corrected chi connectivity index (χ0v) is 14.2. The normalized spacial score (nSPS) is 11.4. The van der Waals surface area contributed by atoms with Gasteiger partial charge in [0.15, 0.2) is 5.76 Å². The molecule has 0 saturated heterocycles. The van der Waals surface area contributed by atoms with E-state index >= 15 is 0 Å². The van der Waals surface area contributed by atoms with E-state index in [-0.39, 0.29) is 15.7 Å². The highest BCUT2D eigenvalue weighted by Crippen LogP contribution is 2.23. The zero-order valence-electron chi connectivity index (χ0n) is 12.6. The third-order valence-corrected chi connectivity index (χ3v) is 5.74. The quantitative estimate of drug-likeness (QED) is 0.748. The summed E-state index contributed by atoms with van der Waals surface area (Å²) in [5.41, 5.74) is 0. The summed E-state index contributed by atoms with van der Waals surface area (Å²) in [6.07, 6.45) is 0.716. The lowest BCUT2D eigenvalue weighted by molar-refractivity contribution is 0.0991. The van der Waals surface area contributed by atoms with Crippen molar-refractivity contribution in [2.45, 2.75) is 23.3 Å². The number of amides is 1. The molecule has 1 aromatic carbocycles. The summed E-state index contributed by atoms with van der Waals surface area (Å²) in [5.74, 6) is -0.693. The largest absolute Gasteiger partial charge is 0.439 e. The summed E-state index contributed by atoms with van der Waals surface area (Å²) in [6, 6.07) is 10.4. The molecule has 24 heavy (non-hydrogen) atoms. The van der Waals surface area contributed by atoms with E-state index in [1.807, 2.05) is 6.92 Å². The third kappa shape index (κ3) is 3.22. The van der Waals surface area contributed by atoms with Crippen molar-refractivity contribution in [3.05, 3.63) is 53.2 Å². The lowest BCUT2D eigenvalue weighted by atomic mass is 10.4. The van der Waals surface area contributed by atoms with Gasteiger partial charge in [0, 0.05) is 0 Å². The molecule has 0 aliphatic carbocycles. The molecular formula is C15H13N3O4S2. The molecule has 0 atom stereocenters. The van der Waals surface area contributed by atoms with Gasteiger partial charge in [-0.05, 0) is 30.7 Å². The molecule has 9 heteroatoms. The molecule has 0 aliphatic heterocycles. The smallest absolute Gasteiger partial charge is 0.293 e. The van der Waals surface area contributed by atoms with Gasteiger partial charge in [-0.3, -0.25) is 10.1 Å². The minimum Gasteiger partial charge on any atom is -0.439 e. The first-order valence-corrected chi connectivity index (χ1v) is 9.34. The van der Waals surface area contributed by atoms with Gasteiger partial charge < -0.3 is 4.42 Å². The Balaban J connectivity index is 1.81. The van der Waals surface area contributed by atoms with Crippen molar-refractivity contribution in [3.63, 3.8) is 0 Å². The minimum absolute atomic E-state index is 0.100. The Kier molecular flexibility index (Phi) is 4.45. The second kappa shape index (κ2) is 6.54. The Morgan fingerprint density at radius 3 is 2.58 bits per heavy atom. The number of carbonyl (C=O) groups is 1. The molecule has 0 saturated carbocycles. The number of hydrogen-bond donors (Lipinski definition) is 1. The van der Waals surface area contributed by atoms with E-state index in [4.69, 9.17) is 4.42 Å². The van der Waals surface area contributed by atoms with Crippen LogP contribution in [0.15, 0.2) is 56.9 Å². The number of anilines is 1. The number of rotatable bonds is 5. The summed E-state index contributed by atoms with van der Waals surface area (Å²) in [5, 5.41) is 11.1. The van der Waals surface area contributed by atoms with Gasteiger partial charge >= 0.3 is 0 Å². The predicted octanol–water partition coefficient (Wildman–Crippen LogP) is 2.78. The first-order valence-electron chi connectivity index (χ1n) is 7.04. The summed E-state index contributed by atoms with van der Waals surface area (Å²) >= 11 is 1.25. The molecule has 2 aromatic heterocycles. The fourth-order valence-electron chi connectivity index (χ4n) is 1.91. The Morgan fingerprint density at radius 1 is 1.17 bits per heavy atom. The predicted molar refractivity (Wildman–Crippen MR) is 87.8 cm³/mol. The standard InChI is InChI=1S/C15H13N3O4S2/c1-2-12-17-18-15(23-12)16-14(19)11-8-9-13(22-11)24(20,21)10-6-4-3-5-7-10/h3-9H,2H2,1H3,(H,16,18,19). The number of nitrogens with zero attached hydrogens (tertiary/aromatic N) is 2. The zero-order chi connectivity index (χ0) is 17.2. The number of benzene rings is 1. The maximum Gasteiger partial charge on any atom is 0.293 e.